The van der Waals surface area contributed by atoms with Gasteiger partial charge in [-0.25, -0.2) is 4.39 Å². The summed E-state index contributed by atoms with van der Waals surface area (Å²) in [5, 5.41) is 1.67. The zero-order valence-electron chi connectivity index (χ0n) is 9.98. The van der Waals surface area contributed by atoms with E-state index in [4.69, 9.17) is 0 Å². The summed E-state index contributed by atoms with van der Waals surface area (Å²) in [6.45, 7) is 0. The maximum Gasteiger partial charge on any atom is 0.142 e. The molecule has 0 fully saturated rings. The summed E-state index contributed by atoms with van der Waals surface area (Å²) in [6.07, 6.45) is 2.57. The minimum Gasteiger partial charge on any atom is -0.299 e. The Hall–Kier alpha value is -1.13. The van der Waals surface area contributed by atoms with Gasteiger partial charge in [-0.05, 0) is 35.4 Å². The first-order valence-corrected chi connectivity index (χ1v) is 7.66. The molecule has 1 heterocycles. The largest absolute Gasteiger partial charge is 0.299 e. The van der Waals surface area contributed by atoms with E-state index in [0.29, 0.717) is 11.3 Å². The summed E-state index contributed by atoms with van der Waals surface area (Å²) in [7, 11) is 0. The summed E-state index contributed by atoms with van der Waals surface area (Å²) >= 11 is 2.96. The van der Waals surface area contributed by atoms with Crippen LogP contribution in [-0.4, -0.2) is 12.0 Å². The van der Waals surface area contributed by atoms with E-state index in [9.17, 15) is 9.18 Å². The molecule has 18 heavy (non-hydrogen) atoms. The van der Waals surface area contributed by atoms with Gasteiger partial charge in [0.25, 0.3) is 0 Å². The molecule has 0 amide bonds. The van der Waals surface area contributed by atoms with Crippen molar-refractivity contribution in [3.05, 3.63) is 52.0 Å². The molecule has 2 rings (SSSR count). The third-order valence-electron chi connectivity index (χ3n) is 2.61. The van der Waals surface area contributed by atoms with Gasteiger partial charge in [0.2, 0.25) is 0 Å². The number of rotatable bonds is 5. The minimum atomic E-state index is -0.272. The second kappa shape index (κ2) is 6.16. The summed E-state index contributed by atoms with van der Waals surface area (Å²) in [5.41, 5.74) is 0.981. The van der Waals surface area contributed by atoms with Crippen molar-refractivity contribution in [2.45, 2.75) is 17.7 Å². The molecule has 0 saturated heterocycles. The van der Waals surface area contributed by atoms with Gasteiger partial charge >= 0.3 is 0 Å². The van der Waals surface area contributed by atoms with Gasteiger partial charge in [0, 0.05) is 22.6 Å². The van der Waals surface area contributed by atoms with Crippen molar-refractivity contribution < 1.29 is 9.18 Å². The highest BCUT2D eigenvalue weighted by molar-refractivity contribution is 7.98. The molecule has 0 N–H and O–H groups in total. The third kappa shape index (κ3) is 3.43. The normalized spacial score (nSPS) is 10.6. The zero-order chi connectivity index (χ0) is 13.0. The molecule has 0 spiro atoms. The number of thiophene rings is 1. The number of halogens is 1. The highest BCUT2D eigenvalue weighted by atomic mass is 32.2. The van der Waals surface area contributed by atoms with Crippen LogP contribution in [0.15, 0.2) is 40.6 Å². The number of Topliss-reactive ketones (excluding diaryl/α,β-unsaturated/α-hetero) is 1. The van der Waals surface area contributed by atoms with Crippen molar-refractivity contribution in [1.29, 1.82) is 0 Å². The van der Waals surface area contributed by atoms with Crippen molar-refractivity contribution in [3.8, 4) is 0 Å². The number of thioether (sulfide) groups is 1. The fraction of sp³-hybridized carbons (Fsp3) is 0.214. The number of benzene rings is 1. The van der Waals surface area contributed by atoms with E-state index < -0.39 is 0 Å². The highest BCUT2D eigenvalue weighted by Gasteiger charge is 2.10. The predicted molar refractivity (Wildman–Crippen MR) is 74.9 cm³/mol. The molecule has 0 unspecified atom stereocenters. The minimum absolute atomic E-state index is 0.0493. The second-order valence-electron chi connectivity index (χ2n) is 3.93. The Bertz CT molecular complexity index is 531. The van der Waals surface area contributed by atoms with Crippen molar-refractivity contribution in [1.82, 2.24) is 0 Å². The van der Waals surface area contributed by atoms with Gasteiger partial charge in [-0.2, -0.15) is 0 Å². The lowest BCUT2D eigenvalue weighted by atomic mass is 10.1. The van der Waals surface area contributed by atoms with Gasteiger partial charge in [0.05, 0.1) is 0 Å². The van der Waals surface area contributed by atoms with E-state index in [1.165, 1.54) is 22.3 Å². The van der Waals surface area contributed by atoms with E-state index in [-0.39, 0.29) is 18.0 Å². The van der Waals surface area contributed by atoms with Crippen LogP contribution in [0, 0.1) is 5.82 Å². The first-order valence-electron chi connectivity index (χ1n) is 5.55. The van der Waals surface area contributed by atoms with Gasteiger partial charge in [-0.15, -0.1) is 23.1 Å². The molecular formula is C14H13FOS2. The van der Waals surface area contributed by atoms with Gasteiger partial charge < -0.3 is 0 Å². The Morgan fingerprint density at radius 2 is 1.94 bits per heavy atom. The van der Waals surface area contributed by atoms with Crippen molar-refractivity contribution in [2.75, 3.05) is 6.26 Å². The lowest BCUT2D eigenvalue weighted by Crippen LogP contribution is -2.06. The number of hydrogen-bond acceptors (Lipinski definition) is 3. The van der Waals surface area contributed by atoms with Crippen molar-refractivity contribution in [3.63, 3.8) is 0 Å². The summed E-state index contributed by atoms with van der Waals surface area (Å²) in [5.74, 6) is -0.223. The summed E-state index contributed by atoms with van der Waals surface area (Å²) < 4.78 is 13.2. The van der Waals surface area contributed by atoms with E-state index in [1.54, 1.807) is 17.1 Å². The molecule has 2 aromatic rings. The third-order valence-corrected chi connectivity index (χ3v) is 4.25. The van der Waals surface area contributed by atoms with E-state index in [1.807, 2.05) is 30.5 Å². The molecule has 1 aromatic carbocycles. The lowest BCUT2D eigenvalue weighted by molar-refractivity contribution is -0.117. The molecule has 0 bridgehead atoms. The number of carbonyl (C=O) groups is 1. The molecule has 0 saturated carbocycles. The Morgan fingerprint density at radius 3 is 2.50 bits per heavy atom. The molecule has 0 aliphatic rings. The smallest absolute Gasteiger partial charge is 0.142 e. The molecule has 0 atom stereocenters. The van der Waals surface area contributed by atoms with Crippen LogP contribution in [0.4, 0.5) is 4.39 Å². The van der Waals surface area contributed by atoms with Crippen LogP contribution in [-0.2, 0) is 17.6 Å². The van der Waals surface area contributed by atoms with Crippen LogP contribution in [0.1, 0.15) is 10.4 Å². The first-order chi connectivity index (χ1) is 8.69. The van der Waals surface area contributed by atoms with Crippen LogP contribution in [0.2, 0.25) is 0 Å². The maximum absolute atomic E-state index is 13.2. The fourth-order valence-electron chi connectivity index (χ4n) is 1.66. The van der Waals surface area contributed by atoms with Crippen LogP contribution >= 0.6 is 23.1 Å². The van der Waals surface area contributed by atoms with Crippen LogP contribution in [0.3, 0.4) is 0 Å². The van der Waals surface area contributed by atoms with Gasteiger partial charge in [-0.3, -0.25) is 4.79 Å². The highest BCUT2D eigenvalue weighted by Crippen LogP contribution is 2.18. The first kappa shape index (κ1) is 13.3. The van der Waals surface area contributed by atoms with E-state index >= 15 is 0 Å². The Morgan fingerprint density at radius 1 is 1.22 bits per heavy atom. The second-order valence-corrected chi connectivity index (χ2v) is 5.81. The lowest BCUT2D eigenvalue weighted by Gasteiger charge is -2.02. The molecule has 94 valence electrons. The maximum atomic E-state index is 13.2. The molecule has 4 heteroatoms. The van der Waals surface area contributed by atoms with Crippen molar-refractivity contribution >= 4 is 28.9 Å². The monoisotopic (exact) mass is 280 g/mol. The van der Waals surface area contributed by atoms with Gasteiger partial charge in [0.15, 0.2) is 0 Å². The SMILES string of the molecule is CSc1ccc(CC(=O)Cc2sccc2F)cc1. The topological polar surface area (TPSA) is 17.1 Å². The zero-order valence-corrected chi connectivity index (χ0v) is 11.6. The van der Waals surface area contributed by atoms with Crippen LogP contribution in [0.25, 0.3) is 0 Å². The fourth-order valence-corrected chi connectivity index (χ4v) is 2.85. The van der Waals surface area contributed by atoms with E-state index in [0.717, 1.165) is 5.56 Å². The Balaban J connectivity index is 1.96. The molecular weight excluding hydrogens is 267 g/mol. The Labute approximate surface area is 114 Å². The summed E-state index contributed by atoms with van der Waals surface area (Å²) in [4.78, 5) is 13.5. The number of carbonyl (C=O) groups excluding carboxylic acids is 1. The number of hydrogen-bond donors (Lipinski definition) is 0. The molecule has 1 aromatic heterocycles. The van der Waals surface area contributed by atoms with E-state index in [2.05, 4.69) is 0 Å². The van der Waals surface area contributed by atoms with Gasteiger partial charge in [-0.1, -0.05) is 12.1 Å². The van der Waals surface area contributed by atoms with Gasteiger partial charge in [0.1, 0.15) is 11.6 Å². The van der Waals surface area contributed by atoms with Crippen LogP contribution < -0.4 is 0 Å². The quantitative estimate of drug-likeness (QED) is 0.771. The molecule has 1 nitrogen and oxygen atoms in total. The van der Waals surface area contributed by atoms with Crippen molar-refractivity contribution in [2.24, 2.45) is 0 Å². The predicted octanol–water partition coefficient (Wildman–Crippen LogP) is 3.96. The Kier molecular flexibility index (Phi) is 4.55. The number of ketones is 1. The molecule has 0 aliphatic heterocycles. The van der Waals surface area contributed by atoms with Crippen LogP contribution in [0.5, 0.6) is 0 Å². The average molecular weight is 280 g/mol. The molecule has 0 radical (unpaired) electrons. The molecule has 0 aliphatic carbocycles. The standard InChI is InChI=1S/C14H13FOS2/c1-17-12-4-2-10(3-5-12)8-11(16)9-14-13(15)6-7-18-14/h2-7H,8-9H2,1H3. The summed E-state index contributed by atoms with van der Waals surface area (Å²) in [6, 6.07) is 9.31. The average Bonchev–Trinajstić information content (AvgIpc) is 2.76.